The lowest BCUT2D eigenvalue weighted by Crippen LogP contribution is -2.16. The van der Waals surface area contributed by atoms with Crippen LogP contribution in [-0.2, 0) is 5.41 Å². The van der Waals surface area contributed by atoms with Crippen LogP contribution in [0.25, 0.3) is 22.5 Å². The molecule has 2 N–H and O–H groups in total. The van der Waals surface area contributed by atoms with E-state index >= 15 is 0 Å². The summed E-state index contributed by atoms with van der Waals surface area (Å²) in [6, 6.07) is 17.8. The van der Waals surface area contributed by atoms with Crippen LogP contribution in [0.15, 0.2) is 53.1 Å². The first-order valence-corrected chi connectivity index (χ1v) is 11.1. The van der Waals surface area contributed by atoms with Gasteiger partial charge in [0.25, 0.3) is 0 Å². The van der Waals surface area contributed by atoms with Gasteiger partial charge in [-0.1, -0.05) is 60.6 Å². The largest absolute Gasteiger partial charge is 0.396 e. The average molecular weight is 405 g/mol. The minimum Gasteiger partial charge on any atom is -0.396 e. The summed E-state index contributed by atoms with van der Waals surface area (Å²) >= 11 is 0. The van der Waals surface area contributed by atoms with E-state index in [4.69, 9.17) is 9.63 Å². The lowest BCUT2D eigenvalue weighted by molar-refractivity contribution is 0.282. The van der Waals surface area contributed by atoms with Gasteiger partial charge in [0, 0.05) is 18.2 Å². The maximum atomic E-state index is 9.06. The number of benzene rings is 2. The quantitative estimate of drug-likeness (QED) is 0.437. The van der Waals surface area contributed by atoms with E-state index in [2.05, 4.69) is 72.9 Å². The first-order valence-electron chi connectivity index (χ1n) is 11.1. The maximum absolute atomic E-state index is 9.06. The number of anilines is 1. The van der Waals surface area contributed by atoms with Gasteiger partial charge in [0.05, 0.1) is 0 Å². The molecule has 0 bridgehead atoms. The molecule has 4 nitrogen and oxygen atoms in total. The fourth-order valence-corrected chi connectivity index (χ4v) is 4.28. The highest BCUT2D eigenvalue weighted by Crippen LogP contribution is 2.51. The first kappa shape index (κ1) is 20.7. The van der Waals surface area contributed by atoms with Crippen molar-refractivity contribution < 1.29 is 9.63 Å². The minimum absolute atomic E-state index is 0.212. The SMILES string of the molecule is CCC1(c2ccc(-c3ccc(-c4onc(C)c4NC(C)CCCO)cc3)cc2)CC1. The van der Waals surface area contributed by atoms with Crippen LogP contribution in [0.4, 0.5) is 5.69 Å². The van der Waals surface area contributed by atoms with Gasteiger partial charge in [0.15, 0.2) is 5.76 Å². The van der Waals surface area contributed by atoms with Gasteiger partial charge in [0.2, 0.25) is 0 Å². The van der Waals surface area contributed by atoms with Gasteiger partial charge in [0.1, 0.15) is 11.4 Å². The molecule has 0 amide bonds. The third-order valence-corrected chi connectivity index (χ3v) is 6.56. The molecular formula is C26H32N2O2. The molecule has 30 heavy (non-hydrogen) atoms. The van der Waals surface area contributed by atoms with E-state index < -0.39 is 0 Å². The van der Waals surface area contributed by atoms with E-state index in [-0.39, 0.29) is 12.6 Å². The third-order valence-electron chi connectivity index (χ3n) is 6.56. The van der Waals surface area contributed by atoms with Crippen LogP contribution >= 0.6 is 0 Å². The van der Waals surface area contributed by atoms with Gasteiger partial charge in [-0.3, -0.25) is 0 Å². The van der Waals surface area contributed by atoms with Crippen molar-refractivity contribution >= 4 is 5.69 Å². The van der Waals surface area contributed by atoms with E-state index in [0.29, 0.717) is 5.41 Å². The summed E-state index contributed by atoms with van der Waals surface area (Å²) in [6.07, 6.45) is 5.55. The molecule has 1 aliphatic carbocycles. The van der Waals surface area contributed by atoms with Crippen molar-refractivity contribution in [1.29, 1.82) is 0 Å². The van der Waals surface area contributed by atoms with E-state index in [9.17, 15) is 0 Å². The Morgan fingerprint density at radius 3 is 2.20 bits per heavy atom. The van der Waals surface area contributed by atoms with Gasteiger partial charge in [-0.05, 0) is 68.1 Å². The van der Waals surface area contributed by atoms with Crippen LogP contribution in [0.3, 0.4) is 0 Å². The number of hydrogen-bond acceptors (Lipinski definition) is 4. The van der Waals surface area contributed by atoms with Gasteiger partial charge in [-0.15, -0.1) is 0 Å². The number of hydrogen-bond donors (Lipinski definition) is 2. The number of nitrogens with one attached hydrogen (secondary N) is 1. The van der Waals surface area contributed by atoms with Crippen molar-refractivity contribution in [2.24, 2.45) is 0 Å². The molecule has 1 saturated carbocycles. The first-order chi connectivity index (χ1) is 14.6. The Morgan fingerprint density at radius 2 is 1.63 bits per heavy atom. The second kappa shape index (κ2) is 8.65. The zero-order chi connectivity index (χ0) is 21.1. The summed E-state index contributed by atoms with van der Waals surface area (Å²) in [5.74, 6) is 0.767. The minimum atomic E-state index is 0.212. The van der Waals surface area contributed by atoms with Crippen LogP contribution in [0.2, 0.25) is 0 Å². The van der Waals surface area contributed by atoms with E-state index in [0.717, 1.165) is 35.5 Å². The van der Waals surface area contributed by atoms with Gasteiger partial charge in [-0.25, -0.2) is 0 Å². The highest BCUT2D eigenvalue weighted by Gasteiger charge is 2.41. The van der Waals surface area contributed by atoms with Crippen LogP contribution in [0.5, 0.6) is 0 Å². The lowest BCUT2D eigenvalue weighted by Gasteiger charge is -2.15. The van der Waals surface area contributed by atoms with Crippen molar-refractivity contribution in [2.75, 3.05) is 11.9 Å². The Balaban J connectivity index is 1.52. The molecule has 0 saturated heterocycles. The summed E-state index contributed by atoms with van der Waals surface area (Å²) < 4.78 is 5.64. The summed E-state index contributed by atoms with van der Waals surface area (Å²) in [7, 11) is 0. The number of aryl methyl sites for hydroxylation is 1. The molecule has 4 rings (SSSR count). The van der Waals surface area contributed by atoms with Gasteiger partial charge in [-0.2, -0.15) is 0 Å². The molecule has 1 fully saturated rings. The van der Waals surface area contributed by atoms with Crippen LogP contribution in [0.1, 0.15) is 57.2 Å². The summed E-state index contributed by atoms with van der Waals surface area (Å²) in [4.78, 5) is 0. The second-order valence-corrected chi connectivity index (χ2v) is 8.67. The normalized spacial score (nSPS) is 15.7. The Kier molecular flexibility index (Phi) is 5.96. The van der Waals surface area contributed by atoms with Crippen molar-refractivity contribution in [3.05, 3.63) is 59.8 Å². The number of aromatic nitrogens is 1. The molecule has 158 valence electrons. The molecule has 1 atom stereocenters. The number of rotatable bonds is 9. The van der Waals surface area contributed by atoms with Crippen LogP contribution in [0, 0.1) is 6.92 Å². The third kappa shape index (κ3) is 4.15. The summed E-state index contributed by atoms with van der Waals surface area (Å²) in [5, 5.41) is 16.7. The monoisotopic (exact) mass is 404 g/mol. The highest BCUT2D eigenvalue weighted by atomic mass is 16.5. The molecule has 1 aromatic heterocycles. The standard InChI is InChI=1S/C26H32N2O2/c1-4-26(15-16-26)23-13-11-21(12-14-23)20-7-9-22(10-8-20)25-24(19(3)28-30-25)27-18(2)6-5-17-29/h7-14,18,27,29H,4-6,15-17H2,1-3H3. The zero-order valence-electron chi connectivity index (χ0n) is 18.2. The Labute approximate surface area is 179 Å². The average Bonchev–Trinajstić information content (AvgIpc) is 3.51. The molecule has 0 radical (unpaired) electrons. The molecule has 1 heterocycles. The molecule has 2 aromatic carbocycles. The van der Waals surface area contributed by atoms with Crippen molar-refractivity contribution in [3.8, 4) is 22.5 Å². The van der Waals surface area contributed by atoms with Crippen molar-refractivity contribution in [2.45, 2.75) is 64.3 Å². The molecule has 0 spiro atoms. The Hall–Kier alpha value is -2.59. The fraction of sp³-hybridized carbons (Fsp3) is 0.423. The predicted molar refractivity (Wildman–Crippen MR) is 123 cm³/mol. The predicted octanol–water partition coefficient (Wildman–Crippen LogP) is 6.33. The number of nitrogens with zero attached hydrogens (tertiary/aromatic N) is 1. The Morgan fingerprint density at radius 1 is 1.03 bits per heavy atom. The van der Waals surface area contributed by atoms with Crippen LogP contribution in [-0.4, -0.2) is 22.9 Å². The molecule has 4 heteroatoms. The smallest absolute Gasteiger partial charge is 0.190 e. The van der Waals surface area contributed by atoms with E-state index in [1.807, 2.05) is 6.92 Å². The van der Waals surface area contributed by atoms with Gasteiger partial charge < -0.3 is 14.9 Å². The molecule has 0 aliphatic heterocycles. The fourth-order valence-electron chi connectivity index (χ4n) is 4.28. The lowest BCUT2D eigenvalue weighted by atomic mass is 9.91. The van der Waals surface area contributed by atoms with E-state index in [1.54, 1.807) is 0 Å². The van der Waals surface area contributed by atoms with Gasteiger partial charge >= 0.3 is 0 Å². The Bertz CT molecular complexity index is 969. The number of aliphatic hydroxyl groups excluding tert-OH is 1. The summed E-state index contributed by atoms with van der Waals surface area (Å²) in [6.45, 7) is 6.57. The molecule has 3 aromatic rings. The van der Waals surface area contributed by atoms with Crippen LogP contribution < -0.4 is 5.32 Å². The maximum Gasteiger partial charge on any atom is 0.190 e. The zero-order valence-corrected chi connectivity index (χ0v) is 18.2. The topological polar surface area (TPSA) is 58.3 Å². The molecular weight excluding hydrogens is 372 g/mol. The van der Waals surface area contributed by atoms with E-state index in [1.165, 1.54) is 36.0 Å². The second-order valence-electron chi connectivity index (χ2n) is 8.67. The summed E-state index contributed by atoms with van der Waals surface area (Å²) in [5.41, 5.74) is 7.17. The molecule has 1 aliphatic rings. The van der Waals surface area contributed by atoms with Crippen molar-refractivity contribution in [3.63, 3.8) is 0 Å². The molecule has 1 unspecified atom stereocenters. The van der Waals surface area contributed by atoms with Crippen molar-refractivity contribution in [1.82, 2.24) is 5.16 Å². The highest BCUT2D eigenvalue weighted by molar-refractivity contribution is 5.76. The number of aliphatic hydroxyl groups is 1.